The molecular weight excluding hydrogens is 214 g/mol. The predicted octanol–water partition coefficient (Wildman–Crippen LogP) is 2.85. The van der Waals surface area contributed by atoms with E-state index in [-0.39, 0.29) is 5.54 Å². The van der Waals surface area contributed by atoms with Crippen molar-refractivity contribution in [2.45, 2.75) is 32.4 Å². The number of benzene rings is 1. The Morgan fingerprint density at radius 2 is 2.00 bits per heavy atom. The van der Waals surface area contributed by atoms with Gasteiger partial charge < -0.3 is 14.8 Å². The Hall–Kier alpha value is -1.32. The minimum Gasteiger partial charge on any atom is -0.458 e. The molecule has 3 nitrogen and oxygen atoms in total. The molecule has 0 aliphatic rings. The first-order chi connectivity index (χ1) is 7.96. The molecule has 0 fully saturated rings. The maximum atomic E-state index is 10.0. The number of para-hydroxylation sites is 1. The van der Waals surface area contributed by atoms with Gasteiger partial charge in [0.05, 0.1) is 0 Å². The summed E-state index contributed by atoms with van der Waals surface area (Å²) in [5, 5.41) is 14.3. The second kappa shape index (κ2) is 4.51. The molecule has 17 heavy (non-hydrogen) atoms. The molecule has 3 heteroatoms. The van der Waals surface area contributed by atoms with Crippen molar-refractivity contribution < 1.29 is 9.52 Å². The minimum absolute atomic E-state index is 0.00695. The number of rotatable bonds is 3. The van der Waals surface area contributed by atoms with Crippen LogP contribution in [0.25, 0.3) is 11.0 Å². The largest absolute Gasteiger partial charge is 0.458 e. The molecule has 0 radical (unpaired) electrons. The summed E-state index contributed by atoms with van der Waals surface area (Å²) in [5.41, 5.74) is 0.810. The summed E-state index contributed by atoms with van der Waals surface area (Å²) in [4.78, 5) is 0. The maximum absolute atomic E-state index is 10.0. The van der Waals surface area contributed by atoms with Crippen LogP contribution in [-0.2, 0) is 0 Å². The molecule has 1 atom stereocenters. The van der Waals surface area contributed by atoms with Crippen molar-refractivity contribution in [3.05, 3.63) is 36.1 Å². The fraction of sp³-hybridized carbons (Fsp3) is 0.429. The highest BCUT2D eigenvalue weighted by Gasteiger charge is 2.16. The zero-order valence-electron chi connectivity index (χ0n) is 10.5. The van der Waals surface area contributed by atoms with Crippen LogP contribution in [0.5, 0.6) is 0 Å². The number of aliphatic hydroxyl groups is 1. The third-order valence-corrected chi connectivity index (χ3v) is 2.60. The van der Waals surface area contributed by atoms with Crippen molar-refractivity contribution >= 4 is 11.0 Å². The van der Waals surface area contributed by atoms with E-state index in [2.05, 4.69) is 26.1 Å². The van der Waals surface area contributed by atoms with Gasteiger partial charge >= 0.3 is 0 Å². The summed E-state index contributed by atoms with van der Waals surface area (Å²) >= 11 is 0. The molecule has 92 valence electrons. The molecule has 2 aromatic rings. The molecule has 2 N–H and O–H groups in total. The van der Waals surface area contributed by atoms with E-state index in [1.54, 1.807) is 0 Å². The summed E-state index contributed by atoms with van der Waals surface area (Å²) in [6.45, 7) is 6.69. The Bertz CT molecular complexity index is 463. The molecule has 2 rings (SSSR count). The number of aliphatic hydroxyl groups excluding tert-OH is 1. The average Bonchev–Trinajstić information content (AvgIpc) is 2.68. The zero-order chi connectivity index (χ0) is 12.5. The Morgan fingerprint density at radius 3 is 2.65 bits per heavy atom. The summed E-state index contributed by atoms with van der Waals surface area (Å²) < 4.78 is 5.61. The van der Waals surface area contributed by atoms with E-state index >= 15 is 0 Å². The van der Waals surface area contributed by atoms with Crippen molar-refractivity contribution in [2.24, 2.45) is 0 Å². The van der Waals surface area contributed by atoms with Gasteiger partial charge in [-0.1, -0.05) is 18.2 Å². The van der Waals surface area contributed by atoms with E-state index in [4.69, 9.17) is 4.42 Å². The van der Waals surface area contributed by atoms with Gasteiger partial charge in [0.1, 0.15) is 17.4 Å². The fourth-order valence-corrected chi connectivity index (χ4v) is 1.67. The molecule has 0 bridgehead atoms. The van der Waals surface area contributed by atoms with Gasteiger partial charge in [-0.25, -0.2) is 0 Å². The van der Waals surface area contributed by atoms with Gasteiger partial charge in [-0.15, -0.1) is 0 Å². The molecule has 0 spiro atoms. The van der Waals surface area contributed by atoms with Crippen LogP contribution in [0, 0.1) is 0 Å². The molecule has 0 aliphatic heterocycles. The third kappa shape index (κ3) is 3.08. The topological polar surface area (TPSA) is 45.4 Å². The average molecular weight is 233 g/mol. The smallest absolute Gasteiger partial charge is 0.135 e. The van der Waals surface area contributed by atoms with Gasteiger partial charge in [0, 0.05) is 17.5 Å². The van der Waals surface area contributed by atoms with Crippen molar-refractivity contribution in [3.63, 3.8) is 0 Å². The molecular formula is C14H19NO2. The SMILES string of the molecule is CC(C)(C)NC[C@H](O)c1cc2ccccc2o1. The minimum atomic E-state index is -0.610. The Balaban J connectivity index is 2.11. The Labute approximate surface area is 101 Å². The third-order valence-electron chi connectivity index (χ3n) is 2.60. The second-order valence-electron chi connectivity index (χ2n) is 5.33. The molecule has 0 aliphatic carbocycles. The molecule has 1 aromatic carbocycles. The monoisotopic (exact) mass is 233 g/mol. The van der Waals surface area contributed by atoms with Gasteiger partial charge in [-0.3, -0.25) is 0 Å². The Morgan fingerprint density at radius 1 is 1.29 bits per heavy atom. The normalized spacial score (nSPS) is 14.1. The van der Waals surface area contributed by atoms with Crippen LogP contribution >= 0.6 is 0 Å². The Kier molecular flexibility index (Phi) is 3.22. The zero-order valence-corrected chi connectivity index (χ0v) is 10.5. The van der Waals surface area contributed by atoms with Crippen molar-refractivity contribution in [1.29, 1.82) is 0 Å². The van der Waals surface area contributed by atoms with Crippen molar-refractivity contribution in [2.75, 3.05) is 6.54 Å². The molecule has 0 unspecified atom stereocenters. The molecule has 0 saturated heterocycles. The highest BCUT2D eigenvalue weighted by Crippen LogP contribution is 2.23. The van der Waals surface area contributed by atoms with E-state index in [9.17, 15) is 5.11 Å². The van der Waals surface area contributed by atoms with Gasteiger partial charge in [-0.05, 0) is 32.9 Å². The first-order valence-corrected chi connectivity index (χ1v) is 5.87. The summed E-state index contributed by atoms with van der Waals surface area (Å²) in [5.74, 6) is 0.614. The number of furan rings is 1. The summed E-state index contributed by atoms with van der Waals surface area (Å²) in [6.07, 6.45) is -0.610. The number of hydrogen-bond acceptors (Lipinski definition) is 3. The molecule has 0 saturated carbocycles. The highest BCUT2D eigenvalue weighted by atomic mass is 16.4. The lowest BCUT2D eigenvalue weighted by Crippen LogP contribution is -2.38. The highest BCUT2D eigenvalue weighted by molar-refractivity contribution is 5.77. The van der Waals surface area contributed by atoms with E-state index < -0.39 is 6.10 Å². The predicted molar refractivity (Wildman–Crippen MR) is 68.9 cm³/mol. The van der Waals surface area contributed by atoms with Crippen molar-refractivity contribution in [1.82, 2.24) is 5.32 Å². The van der Waals surface area contributed by atoms with Crippen LogP contribution < -0.4 is 5.32 Å². The fourth-order valence-electron chi connectivity index (χ4n) is 1.67. The van der Waals surface area contributed by atoms with Gasteiger partial charge in [-0.2, -0.15) is 0 Å². The van der Waals surface area contributed by atoms with E-state index in [0.29, 0.717) is 12.3 Å². The number of nitrogens with one attached hydrogen (secondary N) is 1. The van der Waals surface area contributed by atoms with Gasteiger partial charge in [0.15, 0.2) is 0 Å². The molecule has 1 heterocycles. The number of β-amino-alcohol motifs (C(OH)–C–C–N with tert-alkyl or cyclic N) is 1. The van der Waals surface area contributed by atoms with E-state index in [1.807, 2.05) is 30.3 Å². The van der Waals surface area contributed by atoms with E-state index in [1.165, 1.54) is 0 Å². The lowest BCUT2D eigenvalue weighted by molar-refractivity contribution is 0.140. The second-order valence-corrected chi connectivity index (χ2v) is 5.33. The van der Waals surface area contributed by atoms with E-state index in [0.717, 1.165) is 11.0 Å². The molecule has 0 amide bonds. The van der Waals surface area contributed by atoms with Crippen LogP contribution in [0.4, 0.5) is 0 Å². The standard InChI is InChI=1S/C14H19NO2/c1-14(2,3)15-9-11(16)13-8-10-6-4-5-7-12(10)17-13/h4-8,11,15-16H,9H2,1-3H3/t11-/m0/s1. The van der Waals surface area contributed by atoms with Gasteiger partial charge in [0.2, 0.25) is 0 Å². The number of hydrogen-bond donors (Lipinski definition) is 2. The van der Waals surface area contributed by atoms with Crippen LogP contribution in [-0.4, -0.2) is 17.2 Å². The van der Waals surface area contributed by atoms with Gasteiger partial charge in [0.25, 0.3) is 0 Å². The lowest BCUT2D eigenvalue weighted by Gasteiger charge is -2.22. The lowest BCUT2D eigenvalue weighted by atomic mass is 10.1. The summed E-state index contributed by atoms with van der Waals surface area (Å²) in [7, 11) is 0. The van der Waals surface area contributed by atoms with Crippen LogP contribution in [0.3, 0.4) is 0 Å². The van der Waals surface area contributed by atoms with Crippen molar-refractivity contribution in [3.8, 4) is 0 Å². The summed E-state index contributed by atoms with van der Waals surface area (Å²) in [6, 6.07) is 9.66. The van der Waals surface area contributed by atoms with Crippen LogP contribution in [0.1, 0.15) is 32.6 Å². The number of fused-ring (bicyclic) bond motifs is 1. The first-order valence-electron chi connectivity index (χ1n) is 5.87. The quantitative estimate of drug-likeness (QED) is 0.856. The molecule has 1 aromatic heterocycles. The van der Waals surface area contributed by atoms with Crippen LogP contribution in [0.15, 0.2) is 34.7 Å². The maximum Gasteiger partial charge on any atom is 0.135 e. The first kappa shape index (κ1) is 12.1. The van der Waals surface area contributed by atoms with Crippen LogP contribution in [0.2, 0.25) is 0 Å².